The summed E-state index contributed by atoms with van der Waals surface area (Å²) in [5.74, 6) is -3.22. The van der Waals surface area contributed by atoms with Gasteiger partial charge in [0.25, 0.3) is 11.8 Å². The number of anilines is 1. The predicted molar refractivity (Wildman–Crippen MR) is 127 cm³/mol. The highest BCUT2D eigenvalue weighted by atomic mass is 79.9. The quantitative estimate of drug-likeness (QED) is 0.496. The molecule has 12 heteroatoms. The molecule has 1 heterocycles. The molecule has 2 aromatic carbocycles. The summed E-state index contributed by atoms with van der Waals surface area (Å²) in [5, 5.41) is 4.57. The molecule has 1 saturated heterocycles. The second kappa shape index (κ2) is 10.7. The van der Waals surface area contributed by atoms with E-state index in [4.69, 9.17) is 39.5 Å². The largest absolute Gasteiger partial charge is 0.455 e. The number of halogens is 4. The first-order valence-corrected chi connectivity index (χ1v) is 11.5. The van der Waals surface area contributed by atoms with Crippen LogP contribution < -0.4 is 10.7 Å². The van der Waals surface area contributed by atoms with E-state index in [9.17, 15) is 19.2 Å². The van der Waals surface area contributed by atoms with E-state index < -0.39 is 36.2 Å². The average Bonchev–Trinajstić information content (AvgIpc) is 3.12. The molecule has 2 N–H and O–H groups in total. The van der Waals surface area contributed by atoms with Crippen molar-refractivity contribution in [2.24, 2.45) is 5.92 Å². The van der Waals surface area contributed by atoms with Crippen LogP contribution in [-0.4, -0.2) is 41.9 Å². The number of carbonyl (C=O) groups excluding carboxylic acids is 4. The Balaban J connectivity index is 1.52. The van der Waals surface area contributed by atoms with Gasteiger partial charge in [-0.05, 0) is 58.7 Å². The maximum Gasteiger partial charge on any atom is 0.311 e. The fraction of sp³-hybridized carbons (Fsp3) is 0.238. The number of hydrazine groups is 1. The van der Waals surface area contributed by atoms with Gasteiger partial charge in [0.15, 0.2) is 6.61 Å². The van der Waals surface area contributed by atoms with Crippen LogP contribution in [0.4, 0.5) is 5.69 Å². The molecule has 1 aliphatic rings. The third-order valence-corrected chi connectivity index (χ3v) is 6.75. The highest BCUT2D eigenvalue weighted by molar-refractivity contribution is 9.10. The standard InChI is InChI=1S/C21H17BrCl3N3O5/c1-10-16(5-4-14(22)19(10)25)26-17(29)9-33-21(32)11-6-18(30)28(8-11)27-20(31)13-3-2-12(23)7-15(13)24/h2-5,7,11H,6,8-9H2,1H3,(H,26,29)(H,27,31)/t11-/m1/s1. The molecule has 0 aromatic heterocycles. The molecule has 174 valence electrons. The van der Waals surface area contributed by atoms with Gasteiger partial charge in [-0.3, -0.25) is 29.6 Å². The van der Waals surface area contributed by atoms with Gasteiger partial charge in [-0.2, -0.15) is 0 Å². The maximum atomic E-state index is 12.4. The van der Waals surface area contributed by atoms with Gasteiger partial charge in [0.1, 0.15) is 0 Å². The fourth-order valence-electron chi connectivity index (χ4n) is 3.06. The maximum absolute atomic E-state index is 12.4. The van der Waals surface area contributed by atoms with Crippen LogP contribution in [0, 0.1) is 12.8 Å². The number of ether oxygens (including phenoxy) is 1. The van der Waals surface area contributed by atoms with E-state index in [1.807, 2.05) is 0 Å². The first-order chi connectivity index (χ1) is 15.6. The number of nitrogens with one attached hydrogen (secondary N) is 2. The molecule has 1 aliphatic heterocycles. The topological polar surface area (TPSA) is 105 Å². The van der Waals surface area contributed by atoms with Crippen LogP contribution >= 0.6 is 50.7 Å². The molecule has 1 fully saturated rings. The summed E-state index contributed by atoms with van der Waals surface area (Å²) in [6.07, 6.45) is -0.170. The highest BCUT2D eigenvalue weighted by Crippen LogP contribution is 2.31. The van der Waals surface area contributed by atoms with Crippen molar-refractivity contribution in [2.45, 2.75) is 13.3 Å². The van der Waals surface area contributed by atoms with E-state index >= 15 is 0 Å². The summed E-state index contributed by atoms with van der Waals surface area (Å²) in [7, 11) is 0. The van der Waals surface area contributed by atoms with Gasteiger partial charge in [-0.25, -0.2) is 0 Å². The van der Waals surface area contributed by atoms with E-state index in [1.165, 1.54) is 18.2 Å². The average molecular weight is 578 g/mol. The number of benzene rings is 2. The molecule has 2 aromatic rings. The van der Waals surface area contributed by atoms with Crippen LogP contribution in [0.15, 0.2) is 34.8 Å². The molecular formula is C21H17BrCl3N3O5. The lowest BCUT2D eigenvalue weighted by atomic mass is 10.1. The number of amides is 3. The van der Waals surface area contributed by atoms with Gasteiger partial charge in [-0.1, -0.05) is 34.8 Å². The van der Waals surface area contributed by atoms with E-state index in [0.717, 1.165) is 5.01 Å². The van der Waals surface area contributed by atoms with Crippen molar-refractivity contribution in [3.63, 3.8) is 0 Å². The van der Waals surface area contributed by atoms with E-state index in [2.05, 4.69) is 26.7 Å². The van der Waals surface area contributed by atoms with Crippen molar-refractivity contribution in [1.82, 2.24) is 10.4 Å². The molecule has 0 radical (unpaired) electrons. The monoisotopic (exact) mass is 575 g/mol. The van der Waals surface area contributed by atoms with Gasteiger partial charge in [-0.15, -0.1) is 0 Å². The van der Waals surface area contributed by atoms with Crippen molar-refractivity contribution >= 4 is 80.1 Å². The van der Waals surface area contributed by atoms with Crippen LogP contribution in [0.2, 0.25) is 15.1 Å². The normalized spacial score (nSPS) is 15.4. The fourth-order valence-corrected chi connectivity index (χ4v) is 4.15. The first kappa shape index (κ1) is 25.3. The van der Waals surface area contributed by atoms with Crippen LogP contribution in [0.5, 0.6) is 0 Å². The molecule has 0 aliphatic carbocycles. The van der Waals surface area contributed by atoms with Gasteiger partial charge in [0.2, 0.25) is 5.91 Å². The molecule has 3 rings (SSSR count). The molecule has 3 amide bonds. The lowest BCUT2D eigenvalue weighted by Crippen LogP contribution is -2.43. The molecule has 8 nitrogen and oxygen atoms in total. The third-order valence-electron chi connectivity index (χ3n) is 4.83. The Bertz CT molecular complexity index is 1140. The summed E-state index contributed by atoms with van der Waals surface area (Å²) in [6.45, 7) is 1.10. The minimum Gasteiger partial charge on any atom is -0.455 e. The second-order valence-corrected chi connectivity index (χ2v) is 9.24. The summed E-state index contributed by atoms with van der Waals surface area (Å²) < 4.78 is 5.74. The highest BCUT2D eigenvalue weighted by Gasteiger charge is 2.37. The number of hydrogen-bond acceptors (Lipinski definition) is 5. The summed E-state index contributed by atoms with van der Waals surface area (Å²) in [5.41, 5.74) is 3.68. The van der Waals surface area contributed by atoms with E-state index in [1.54, 1.807) is 19.1 Å². The third kappa shape index (κ3) is 6.17. The predicted octanol–water partition coefficient (Wildman–Crippen LogP) is 4.39. The lowest BCUT2D eigenvalue weighted by molar-refractivity contribution is -0.151. The van der Waals surface area contributed by atoms with Gasteiger partial charge < -0.3 is 10.1 Å². The van der Waals surface area contributed by atoms with Crippen molar-refractivity contribution in [3.8, 4) is 0 Å². The first-order valence-electron chi connectivity index (χ1n) is 9.54. The Morgan fingerprint density at radius 3 is 2.61 bits per heavy atom. The van der Waals surface area contributed by atoms with Crippen molar-refractivity contribution in [1.29, 1.82) is 0 Å². The van der Waals surface area contributed by atoms with Gasteiger partial charge in [0.05, 0.1) is 28.1 Å². The minimum absolute atomic E-state index is 0.0995. The zero-order chi connectivity index (χ0) is 24.3. The Labute approximate surface area is 212 Å². The molecule has 0 bridgehead atoms. The van der Waals surface area contributed by atoms with Crippen LogP contribution in [0.25, 0.3) is 0 Å². The zero-order valence-corrected chi connectivity index (χ0v) is 20.9. The van der Waals surface area contributed by atoms with Crippen LogP contribution in [0.1, 0.15) is 22.3 Å². The van der Waals surface area contributed by atoms with E-state index in [0.29, 0.717) is 25.8 Å². The SMILES string of the molecule is Cc1c(NC(=O)COC(=O)[C@@H]2CC(=O)N(NC(=O)c3ccc(Cl)cc3Cl)C2)ccc(Br)c1Cl. The Kier molecular flexibility index (Phi) is 8.23. The number of carbonyl (C=O) groups is 4. The molecule has 0 saturated carbocycles. The van der Waals surface area contributed by atoms with Crippen molar-refractivity contribution < 1.29 is 23.9 Å². The Morgan fingerprint density at radius 1 is 1.18 bits per heavy atom. The summed E-state index contributed by atoms with van der Waals surface area (Å²) in [6, 6.07) is 7.66. The Hall–Kier alpha value is -2.33. The zero-order valence-electron chi connectivity index (χ0n) is 17.1. The lowest BCUT2D eigenvalue weighted by Gasteiger charge is -2.18. The van der Waals surface area contributed by atoms with Gasteiger partial charge >= 0.3 is 5.97 Å². The molecular weight excluding hydrogens is 561 g/mol. The Morgan fingerprint density at radius 2 is 1.91 bits per heavy atom. The van der Waals surface area contributed by atoms with Crippen LogP contribution in [-0.2, 0) is 19.1 Å². The van der Waals surface area contributed by atoms with Crippen molar-refractivity contribution in [2.75, 3.05) is 18.5 Å². The molecule has 0 spiro atoms. The summed E-state index contributed by atoms with van der Waals surface area (Å²) >= 11 is 21.3. The second-order valence-electron chi connectivity index (χ2n) is 7.16. The number of hydrogen-bond donors (Lipinski definition) is 2. The number of rotatable bonds is 6. The van der Waals surface area contributed by atoms with Crippen LogP contribution in [0.3, 0.4) is 0 Å². The van der Waals surface area contributed by atoms with Crippen molar-refractivity contribution in [3.05, 3.63) is 61.0 Å². The minimum atomic E-state index is -0.838. The molecule has 1 atom stereocenters. The van der Waals surface area contributed by atoms with Gasteiger partial charge in [0, 0.05) is 21.6 Å². The molecule has 33 heavy (non-hydrogen) atoms. The molecule has 0 unspecified atom stereocenters. The number of nitrogens with zero attached hydrogens (tertiary/aromatic N) is 1. The van der Waals surface area contributed by atoms with E-state index in [-0.39, 0.29) is 23.6 Å². The summed E-state index contributed by atoms with van der Waals surface area (Å²) in [4.78, 5) is 49.1. The number of esters is 1. The smallest absolute Gasteiger partial charge is 0.311 e.